The Labute approximate surface area is 324 Å². The van der Waals surface area contributed by atoms with Crippen LogP contribution in [-0.2, 0) is 56.8 Å². The van der Waals surface area contributed by atoms with Gasteiger partial charge in [-0.05, 0) is 25.7 Å². The maximum Gasteiger partial charge on any atom is 0.157 e. The Morgan fingerprint density at radius 3 is 0.906 bits per heavy atom. The fraction of sp³-hybridized carbons (Fsp3) is 1.00. The van der Waals surface area contributed by atoms with Crippen LogP contribution in [0, 0.1) is 0 Å². The molecule has 12 heteroatoms. The van der Waals surface area contributed by atoms with Crippen LogP contribution in [0.3, 0.4) is 0 Å². The summed E-state index contributed by atoms with van der Waals surface area (Å²) in [7, 11) is 0. The second-order valence-corrected chi connectivity index (χ2v) is 13.4. The molecule has 1 rings (SSSR count). The molecule has 0 bridgehead atoms. The molecule has 1 unspecified atom stereocenters. The van der Waals surface area contributed by atoms with Crippen molar-refractivity contribution in [1.29, 1.82) is 0 Å². The highest BCUT2D eigenvalue weighted by atomic mass is 16.7. The maximum absolute atomic E-state index is 5.69. The van der Waals surface area contributed by atoms with Crippen molar-refractivity contribution in [3.8, 4) is 0 Å². The van der Waals surface area contributed by atoms with Gasteiger partial charge in [0.1, 0.15) is 0 Å². The Balaban J connectivity index is 1.59. The third-order valence-corrected chi connectivity index (χ3v) is 8.66. The Hall–Kier alpha value is -0.480. The highest BCUT2D eigenvalue weighted by Crippen LogP contribution is 2.14. The van der Waals surface area contributed by atoms with E-state index in [9.17, 15) is 0 Å². The van der Waals surface area contributed by atoms with Gasteiger partial charge in [-0.3, -0.25) is 0 Å². The summed E-state index contributed by atoms with van der Waals surface area (Å²) in [6, 6.07) is 0. The van der Waals surface area contributed by atoms with E-state index in [1.165, 1.54) is 89.9 Å². The van der Waals surface area contributed by atoms with Gasteiger partial charge in [-0.2, -0.15) is 0 Å². The minimum Gasteiger partial charge on any atom is -0.379 e. The number of hydrogen-bond acceptors (Lipinski definition) is 12. The van der Waals surface area contributed by atoms with E-state index in [4.69, 9.17) is 56.8 Å². The molecule has 0 N–H and O–H groups in total. The van der Waals surface area contributed by atoms with Gasteiger partial charge in [-0.25, -0.2) is 0 Å². The Kier molecular flexibility index (Phi) is 43.8. The first-order chi connectivity index (χ1) is 26.4. The smallest absolute Gasteiger partial charge is 0.157 e. The summed E-state index contributed by atoms with van der Waals surface area (Å²) in [5.74, 6) is 0. The van der Waals surface area contributed by atoms with E-state index < -0.39 is 0 Å². The van der Waals surface area contributed by atoms with Crippen molar-refractivity contribution in [3.05, 3.63) is 0 Å². The minimum atomic E-state index is -0.0627. The molecular weight excluding hydrogens is 684 g/mol. The molecule has 53 heavy (non-hydrogen) atoms. The van der Waals surface area contributed by atoms with Crippen LogP contribution in [0.1, 0.15) is 116 Å². The zero-order chi connectivity index (χ0) is 37.6. The first-order valence-corrected chi connectivity index (χ1v) is 21.4. The largest absolute Gasteiger partial charge is 0.379 e. The minimum absolute atomic E-state index is 0.0627. The number of hydrogen-bond donors (Lipinski definition) is 0. The summed E-state index contributed by atoms with van der Waals surface area (Å²) in [4.78, 5) is 0. The normalized spacial score (nSPS) is 14.8. The average molecular weight is 767 g/mol. The molecule has 0 saturated carbocycles. The SMILES string of the molecule is CCCCCCCCCCCCCCCCOCCOCCOCCOCCOCCOCCOCCOCCOCCOCCOC1CCCCO1. The molecule has 318 valence electrons. The maximum atomic E-state index is 5.69. The summed E-state index contributed by atoms with van der Waals surface area (Å²) in [6.45, 7) is 14.8. The third kappa shape index (κ3) is 42.5. The van der Waals surface area contributed by atoms with E-state index in [0.29, 0.717) is 132 Å². The van der Waals surface area contributed by atoms with Gasteiger partial charge in [-0.15, -0.1) is 0 Å². The molecule has 1 aliphatic rings. The molecule has 1 heterocycles. The summed E-state index contributed by atoms with van der Waals surface area (Å²) >= 11 is 0. The second kappa shape index (κ2) is 45.9. The Morgan fingerprint density at radius 1 is 0.321 bits per heavy atom. The lowest BCUT2D eigenvalue weighted by Crippen LogP contribution is -2.24. The van der Waals surface area contributed by atoms with E-state index >= 15 is 0 Å². The average Bonchev–Trinajstić information content (AvgIpc) is 3.18. The standard InChI is InChI=1S/C41H82O12/c1-2-3-4-5-6-7-8-9-10-11-12-13-14-16-19-42-21-22-43-23-24-44-25-26-45-27-28-46-29-30-47-31-32-48-33-34-49-35-36-50-37-38-51-39-40-53-41-18-15-17-20-52-41/h41H,2-40H2,1H3. The van der Waals surface area contributed by atoms with Crippen molar-refractivity contribution in [1.82, 2.24) is 0 Å². The molecule has 1 aliphatic heterocycles. The van der Waals surface area contributed by atoms with Crippen molar-refractivity contribution in [3.63, 3.8) is 0 Å². The lowest BCUT2D eigenvalue weighted by molar-refractivity contribution is -0.169. The van der Waals surface area contributed by atoms with Crippen LogP contribution in [0.2, 0.25) is 0 Å². The van der Waals surface area contributed by atoms with Gasteiger partial charge in [0.15, 0.2) is 6.29 Å². The first-order valence-electron chi connectivity index (χ1n) is 21.4. The van der Waals surface area contributed by atoms with Crippen LogP contribution in [-0.4, -0.2) is 152 Å². The molecule has 0 aromatic heterocycles. The van der Waals surface area contributed by atoms with Crippen LogP contribution in [0.4, 0.5) is 0 Å². The second-order valence-electron chi connectivity index (χ2n) is 13.4. The van der Waals surface area contributed by atoms with E-state index in [1.807, 2.05) is 0 Å². The third-order valence-electron chi connectivity index (χ3n) is 8.66. The summed E-state index contributed by atoms with van der Waals surface area (Å²) in [5.41, 5.74) is 0. The van der Waals surface area contributed by atoms with Gasteiger partial charge in [0.2, 0.25) is 0 Å². The fourth-order valence-corrected chi connectivity index (χ4v) is 5.56. The monoisotopic (exact) mass is 767 g/mol. The molecule has 0 radical (unpaired) electrons. The lowest BCUT2D eigenvalue weighted by Gasteiger charge is -2.22. The molecule has 12 nitrogen and oxygen atoms in total. The quantitative estimate of drug-likeness (QED) is 0.0586. The molecular formula is C41H82O12. The fourth-order valence-electron chi connectivity index (χ4n) is 5.56. The number of ether oxygens (including phenoxy) is 12. The van der Waals surface area contributed by atoms with Gasteiger partial charge in [0.05, 0.1) is 132 Å². The van der Waals surface area contributed by atoms with Gasteiger partial charge in [-0.1, -0.05) is 90.4 Å². The van der Waals surface area contributed by atoms with Gasteiger partial charge >= 0.3 is 0 Å². The van der Waals surface area contributed by atoms with Crippen molar-refractivity contribution in [2.75, 3.05) is 145 Å². The zero-order valence-electron chi connectivity index (χ0n) is 34.1. The topological polar surface area (TPSA) is 111 Å². The van der Waals surface area contributed by atoms with Crippen LogP contribution in [0.5, 0.6) is 0 Å². The predicted octanol–water partition coefficient (Wildman–Crippen LogP) is 7.18. The number of rotatable bonds is 46. The highest BCUT2D eigenvalue weighted by Gasteiger charge is 2.13. The van der Waals surface area contributed by atoms with Crippen molar-refractivity contribution < 1.29 is 56.8 Å². The van der Waals surface area contributed by atoms with Crippen LogP contribution < -0.4 is 0 Å². The highest BCUT2D eigenvalue weighted by molar-refractivity contribution is 4.54. The number of unbranched alkanes of at least 4 members (excludes halogenated alkanes) is 13. The summed E-state index contributed by atoms with van der Waals surface area (Å²) < 4.78 is 66.5. The molecule has 0 amide bonds. The summed E-state index contributed by atoms with van der Waals surface area (Å²) in [6.07, 6.45) is 22.5. The van der Waals surface area contributed by atoms with E-state index in [0.717, 1.165) is 32.5 Å². The van der Waals surface area contributed by atoms with Crippen LogP contribution >= 0.6 is 0 Å². The van der Waals surface area contributed by atoms with Crippen molar-refractivity contribution in [2.45, 2.75) is 122 Å². The summed E-state index contributed by atoms with van der Waals surface area (Å²) in [5, 5.41) is 0. The van der Waals surface area contributed by atoms with Gasteiger partial charge < -0.3 is 56.8 Å². The van der Waals surface area contributed by atoms with Crippen LogP contribution in [0.15, 0.2) is 0 Å². The Morgan fingerprint density at radius 2 is 0.604 bits per heavy atom. The van der Waals surface area contributed by atoms with E-state index in [2.05, 4.69) is 6.92 Å². The van der Waals surface area contributed by atoms with Crippen LogP contribution in [0.25, 0.3) is 0 Å². The molecule has 0 aliphatic carbocycles. The van der Waals surface area contributed by atoms with Crippen molar-refractivity contribution >= 4 is 0 Å². The van der Waals surface area contributed by atoms with E-state index in [-0.39, 0.29) is 6.29 Å². The molecule has 0 spiro atoms. The van der Waals surface area contributed by atoms with Gasteiger partial charge in [0.25, 0.3) is 0 Å². The predicted molar refractivity (Wildman–Crippen MR) is 208 cm³/mol. The zero-order valence-corrected chi connectivity index (χ0v) is 34.1. The van der Waals surface area contributed by atoms with Crippen molar-refractivity contribution in [2.24, 2.45) is 0 Å². The van der Waals surface area contributed by atoms with Gasteiger partial charge in [0, 0.05) is 13.2 Å². The lowest BCUT2D eigenvalue weighted by atomic mass is 10.0. The first kappa shape index (κ1) is 50.5. The molecule has 0 aromatic rings. The molecule has 1 saturated heterocycles. The Bertz CT molecular complexity index is 656. The van der Waals surface area contributed by atoms with E-state index in [1.54, 1.807) is 0 Å². The molecule has 1 atom stereocenters. The molecule has 1 fully saturated rings. The molecule has 0 aromatic carbocycles.